The molecule has 0 heterocycles. The zero-order valence-electron chi connectivity index (χ0n) is 11.1. The molecular weight excluding hydrogens is 273 g/mol. The van der Waals surface area contributed by atoms with E-state index in [1.54, 1.807) is 13.8 Å². The predicted octanol–water partition coefficient (Wildman–Crippen LogP) is 2.22. The minimum absolute atomic E-state index is 0.153. The molecule has 0 saturated carbocycles. The number of anilines is 1. The molecule has 20 heavy (non-hydrogen) atoms. The minimum Gasteiger partial charge on any atom is -0.368 e. The van der Waals surface area contributed by atoms with E-state index in [0.717, 1.165) is 12.1 Å². The van der Waals surface area contributed by atoms with Crippen LogP contribution in [0.2, 0.25) is 0 Å². The van der Waals surface area contributed by atoms with E-state index in [1.807, 2.05) is 0 Å². The summed E-state index contributed by atoms with van der Waals surface area (Å²) in [5.41, 5.74) is 3.81. The maximum atomic E-state index is 12.9. The zero-order valence-corrected chi connectivity index (χ0v) is 11.1. The molecule has 0 radical (unpaired) electrons. The van der Waals surface area contributed by atoms with Crippen molar-refractivity contribution < 1.29 is 22.8 Å². The Hall–Kier alpha value is -2.05. The van der Waals surface area contributed by atoms with Crippen molar-refractivity contribution in [3.05, 3.63) is 29.3 Å². The Morgan fingerprint density at radius 2 is 2.00 bits per heavy atom. The Labute approximate surface area is 114 Å². The van der Waals surface area contributed by atoms with Gasteiger partial charge in [0.1, 0.15) is 0 Å². The fraction of sp³-hybridized carbons (Fsp3) is 0.385. The van der Waals surface area contributed by atoms with Crippen LogP contribution in [0, 0.1) is 0 Å². The summed E-state index contributed by atoms with van der Waals surface area (Å²) in [6, 6.07) is 3.08. The first-order chi connectivity index (χ1) is 9.16. The van der Waals surface area contributed by atoms with Crippen LogP contribution in [-0.2, 0) is 11.0 Å². The highest BCUT2D eigenvalue weighted by atomic mass is 19.4. The largest absolute Gasteiger partial charge is 0.417 e. The molecule has 0 fully saturated rings. The highest BCUT2D eigenvalue weighted by Crippen LogP contribution is 2.34. The van der Waals surface area contributed by atoms with E-state index >= 15 is 0 Å². The smallest absolute Gasteiger partial charge is 0.368 e. The van der Waals surface area contributed by atoms with E-state index < -0.39 is 23.2 Å². The Morgan fingerprint density at radius 3 is 2.40 bits per heavy atom. The van der Waals surface area contributed by atoms with E-state index in [9.17, 15) is 22.8 Å². The molecule has 0 saturated heterocycles. The molecule has 0 unspecified atom stereocenters. The van der Waals surface area contributed by atoms with Gasteiger partial charge in [0.2, 0.25) is 5.91 Å². The van der Waals surface area contributed by atoms with Gasteiger partial charge in [0.15, 0.2) is 6.29 Å². The highest BCUT2D eigenvalue weighted by Gasteiger charge is 2.34. The monoisotopic (exact) mass is 288 g/mol. The maximum absolute atomic E-state index is 12.9. The van der Waals surface area contributed by atoms with E-state index in [1.165, 1.54) is 11.0 Å². The Kier molecular flexibility index (Phi) is 4.75. The van der Waals surface area contributed by atoms with E-state index in [4.69, 9.17) is 5.73 Å². The van der Waals surface area contributed by atoms with Crippen molar-refractivity contribution in [3.63, 3.8) is 0 Å². The fourth-order valence-electron chi connectivity index (χ4n) is 1.81. The predicted molar refractivity (Wildman–Crippen MR) is 68.5 cm³/mol. The Bertz CT molecular complexity index is 513. The lowest BCUT2D eigenvalue weighted by atomic mass is 10.1. The number of amides is 1. The van der Waals surface area contributed by atoms with Crippen LogP contribution in [-0.4, -0.2) is 24.8 Å². The van der Waals surface area contributed by atoms with Crippen molar-refractivity contribution in [2.75, 3.05) is 11.4 Å². The van der Waals surface area contributed by atoms with Crippen LogP contribution in [0.5, 0.6) is 0 Å². The van der Waals surface area contributed by atoms with Crippen molar-refractivity contribution >= 4 is 17.9 Å². The number of carbonyl (C=O) groups is 2. The number of hydrogen-bond acceptors (Lipinski definition) is 3. The van der Waals surface area contributed by atoms with Gasteiger partial charge in [-0.3, -0.25) is 9.59 Å². The number of rotatable bonds is 5. The molecule has 0 aliphatic rings. The molecule has 1 rings (SSSR count). The number of nitrogens with zero attached hydrogens (tertiary/aromatic N) is 1. The maximum Gasteiger partial charge on any atom is 0.417 e. The van der Waals surface area contributed by atoms with Gasteiger partial charge >= 0.3 is 6.18 Å². The number of halogens is 3. The van der Waals surface area contributed by atoms with Crippen LogP contribution in [0.15, 0.2) is 18.2 Å². The van der Waals surface area contributed by atoms with Gasteiger partial charge in [-0.05, 0) is 32.0 Å². The van der Waals surface area contributed by atoms with Crippen LogP contribution in [0.3, 0.4) is 0 Å². The molecule has 110 valence electrons. The summed E-state index contributed by atoms with van der Waals surface area (Å²) in [6.07, 6.45) is -4.48. The number of hydrogen-bond donors (Lipinski definition) is 1. The lowest BCUT2D eigenvalue weighted by Gasteiger charge is -2.28. The van der Waals surface area contributed by atoms with Crippen molar-refractivity contribution in [3.8, 4) is 0 Å². The molecule has 1 aromatic rings. The normalized spacial score (nSPS) is 11.5. The molecule has 4 nitrogen and oxygen atoms in total. The van der Waals surface area contributed by atoms with Crippen molar-refractivity contribution in [2.24, 2.45) is 5.73 Å². The van der Waals surface area contributed by atoms with Crippen molar-refractivity contribution in [2.45, 2.75) is 26.1 Å². The van der Waals surface area contributed by atoms with Crippen LogP contribution in [0.4, 0.5) is 18.9 Å². The summed E-state index contributed by atoms with van der Waals surface area (Å²) in [4.78, 5) is 23.1. The second-order valence-electron chi connectivity index (χ2n) is 4.58. The van der Waals surface area contributed by atoms with Gasteiger partial charge in [0.05, 0.1) is 12.1 Å². The van der Waals surface area contributed by atoms with E-state index in [2.05, 4.69) is 0 Å². The molecule has 2 N–H and O–H groups in total. The van der Waals surface area contributed by atoms with E-state index in [0.29, 0.717) is 0 Å². The first-order valence-corrected chi connectivity index (χ1v) is 5.88. The lowest BCUT2D eigenvalue weighted by Crippen LogP contribution is -2.38. The molecule has 0 aliphatic heterocycles. The summed E-state index contributed by atoms with van der Waals surface area (Å²) in [7, 11) is 0. The highest BCUT2D eigenvalue weighted by molar-refractivity contribution is 5.82. The standard InChI is InChI=1S/C13H15F3N2O2/c1-8(2)18(6-12(17)20)10-4-3-9(7-19)11(5-10)13(14,15)16/h3-5,7-8H,6H2,1-2H3,(H2,17,20). The SMILES string of the molecule is CC(C)N(CC(N)=O)c1ccc(C=O)c(C(F)(F)F)c1. The average molecular weight is 288 g/mol. The Balaban J connectivity index is 3.31. The molecule has 1 aromatic carbocycles. The quantitative estimate of drug-likeness (QED) is 0.845. The average Bonchev–Trinajstić information content (AvgIpc) is 2.33. The summed E-state index contributed by atoms with van der Waals surface area (Å²) < 4.78 is 38.6. The number of benzene rings is 1. The van der Waals surface area contributed by atoms with Gasteiger partial charge in [-0.15, -0.1) is 0 Å². The fourth-order valence-corrected chi connectivity index (χ4v) is 1.81. The Morgan fingerprint density at radius 1 is 1.40 bits per heavy atom. The molecule has 1 amide bonds. The number of carbonyl (C=O) groups excluding carboxylic acids is 2. The number of nitrogens with two attached hydrogens (primary N) is 1. The van der Waals surface area contributed by atoms with Gasteiger partial charge in [-0.25, -0.2) is 0 Å². The second kappa shape index (κ2) is 5.94. The topological polar surface area (TPSA) is 63.4 Å². The molecule has 0 aromatic heterocycles. The number of aldehydes is 1. The van der Waals surface area contributed by atoms with Crippen LogP contribution < -0.4 is 10.6 Å². The summed E-state index contributed by atoms with van der Waals surface area (Å²) in [5, 5.41) is 0. The molecule has 7 heteroatoms. The second-order valence-corrected chi connectivity index (χ2v) is 4.58. The van der Waals surface area contributed by atoms with Crippen LogP contribution >= 0.6 is 0 Å². The molecule has 0 atom stereocenters. The van der Waals surface area contributed by atoms with Gasteiger partial charge in [0, 0.05) is 17.3 Å². The summed E-state index contributed by atoms with van der Waals surface area (Å²) in [6.45, 7) is 3.25. The van der Waals surface area contributed by atoms with E-state index in [-0.39, 0.29) is 24.6 Å². The van der Waals surface area contributed by atoms with Gasteiger partial charge in [0.25, 0.3) is 0 Å². The van der Waals surface area contributed by atoms with Crippen LogP contribution in [0.1, 0.15) is 29.8 Å². The summed E-state index contributed by atoms with van der Waals surface area (Å²) in [5.74, 6) is -0.647. The van der Waals surface area contributed by atoms with Crippen LogP contribution in [0.25, 0.3) is 0 Å². The molecule has 0 spiro atoms. The third-order valence-corrected chi connectivity index (χ3v) is 2.75. The first-order valence-electron chi connectivity index (χ1n) is 5.88. The van der Waals surface area contributed by atoms with Gasteiger partial charge in [-0.1, -0.05) is 0 Å². The minimum atomic E-state index is -4.64. The number of alkyl halides is 3. The van der Waals surface area contributed by atoms with Gasteiger partial charge < -0.3 is 10.6 Å². The molecular formula is C13H15F3N2O2. The van der Waals surface area contributed by atoms with Gasteiger partial charge in [-0.2, -0.15) is 13.2 Å². The van der Waals surface area contributed by atoms with Crippen molar-refractivity contribution in [1.29, 1.82) is 0 Å². The third kappa shape index (κ3) is 3.72. The molecule has 0 aliphatic carbocycles. The summed E-state index contributed by atoms with van der Waals surface area (Å²) >= 11 is 0. The molecule has 0 bridgehead atoms. The lowest BCUT2D eigenvalue weighted by molar-refractivity contribution is -0.137. The number of primary amides is 1. The first kappa shape index (κ1) is 16.0. The van der Waals surface area contributed by atoms with Crippen molar-refractivity contribution in [1.82, 2.24) is 0 Å². The zero-order chi connectivity index (χ0) is 15.5. The third-order valence-electron chi connectivity index (χ3n) is 2.75.